The number of benzene rings is 1. The molecule has 0 fully saturated rings. The van der Waals surface area contributed by atoms with Crippen molar-refractivity contribution in [2.24, 2.45) is 0 Å². The van der Waals surface area contributed by atoms with Crippen LogP contribution in [0.4, 0.5) is 9.52 Å². The fraction of sp³-hybridized carbons (Fsp3) is 0.154. The van der Waals surface area contributed by atoms with Gasteiger partial charge in [0.1, 0.15) is 10.8 Å². The van der Waals surface area contributed by atoms with E-state index in [0.29, 0.717) is 5.13 Å². The number of rotatable bonds is 5. The van der Waals surface area contributed by atoms with Gasteiger partial charge in [-0.3, -0.25) is 10.1 Å². The first kappa shape index (κ1) is 15.6. The maximum atomic E-state index is 13.6. The van der Waals surface area contributed by atoms with E-state index in [1.54, 1.807) is 25.1 Å². The highest BCUT2D eigenvalue weighted by Gasteiger charge is 2.14. The van der Waals surface area contributed by atoms with Crippen molar-refractivity contribution >= 4 is 34.1 Å². The number of halogens is 1. The smallest absolute Gasteiger partial charge is 0.277 e. The summed E-state index contributed by atoms with van der Waals surface area (Å²) in [6.07, 6.45) is 0. The lowest BCUT2D eigenvalue weighted by atomic mass is 10.2. The van der Waals surface area contributed by atoms with Gasteiger partial charge in [-0.2, -0.15) is 0 Å². The summed E-state index contributed by atoms with van der Waals surface area (Å²) in [5.41, 5.74) is 0.223. The van der Waals surface area contributed by atoms with Crippen LogP contribution < -0.4 is 5.32 Å². The predicted molar refractivity (Wildman–Crippen MR) is 83.7 cm³/mol. The summed E-state index contributed by atoms with van der Waals surface area (Å²) in [5.74, 6) is -0.572. The molecule has 3 aromatic rings. The number of carbonyl (C=O) groups is 1. The summed E-state index contributed by atoms with van der Waals surface area (Å²) in [5, 5.41) is 19.2. The minimum Gasteiger partial charge on any atom is -0.411 e. The largest absolute Gasteiger partial charge is 0.411 e. The maximum absolute atomic E-state index is 13.6. The van der Waals surface area contributed by atoms with Crippen LogP contribution in [0.25, 0.3) is 11.5 Å². The molecule has 0 bridgehead atoms. The Kier molecular flexibility index (Phi) is 4.63. The number of aromatic nitrogens is 4. The van der Waals surface area contributed by atoms with E-state index in [1.807, 2.05) is 0 Å². The number of hydrogen-bond donors (Lipinski definition) is 1. The van der Waals surface area contributed by atoms with E-state index in [2.05, 4.69) is 25.7 Å². The summed E-state index contributed by atoms with van der Waals surface area (Å²) in [6.45, 7) is 1.80. The van der Waals surface area contributed by atoms with Gasteiger partial charge < -0.3 is 4.42 Å². The highest BCUT2D eigenvalue weighted by molar-refractivity contribution is 7.99. The van der Waals surface area contributed by atoms with Crippen molar-refractivity contribution in [1.82, 2.24) is 20.4 Å². The van der Waals surface area contributed by atoms with Crippen molar-refractivity contribution < 1.29 is 13.6 Å². The lowest BCUT2D eigenvalue weighted by Crippen LogP contribution is -2.13. The molecule has 0 spiro atoms. The third kappa shape index (κ3) is 3.90. The maximum Gasteiger partial charge on any atom is 0.277 e. The highest BCUT2D eigenvalue weighted by Crippen LogP contribution is 2.25. The van der Waals surface area contributed by atoms with Gasteiger partial charge in [0.15, 0.2) is 0 Å². The SMILES string of the molecule is Cc1nnc(NC(=O)CSc2nnc(-c3ccccc3F)o2)s1. The first-order chi connectivity index (χ1) is 11.1. The van der Waals surface area contributed by atoms with Crippen LogP contribution >= 0.6 is 23.1 Å². The Hall–Kier alpha value is -2.33. The van der Waals surface area contributed by atoms with Crippen LogP contribution in [0.15, 0.2) is 33.9 Å². The van der Waals surface area contributed by atoms with E-state index in [0.717, 1.165) is 16.8 Å². The van der Waals surface area contributed by atoms with Crippen LogP contribution in [0.1, 0.15) is 5.01 Å². The second-order valence-corrected chi connectivity index (χ2v) is 6.42. The van der Waals surface area contributed by atoms with Gasteiger partial charge >= 0.3 is 0 Å². The molecule has 2 aromatic heterocycles. The van der Waals surface area contributed by atoms with Crippen LogP contribution in [-0.2, 0) is 4.79 Å². The topological polar surface area (TPSA) is 93.8 Å². The fourth-order valence-electron chi connectivity index (χ4n) is 1.64. The molecule has 3 rings (SSSR count). The van der Waals surface area contributed by atoms with E-state index >= 15 is 0 Å². The van der Waals surface area contributed by atoms with Gasteiger partial charge in [-0.1, -0.05) is 35.2 Å². The minimum atomic E-state index is -0.447. The fourth-order valence-corrected chi connectivity index (χ4v) is 2.81. The van der Waals surface area contributed by atoms with Crippen LogP contribution in [0.5, 0.6) is 0 Å². The van der Waals surface area contributed by atoms with Crippen LogP contribution in [0.3, 0.4) is 0 Å². The molecule has 0 aliphatic carbocycles. The van der Waals surface area contributed by atoms with E-state index in [-0.39, 0.29) is 28.3 Å². The molecule has 0 saturated heterocycles. The average molecular weight is 351 g/mol. The molecule has 10 heteroatoms. The zero-order valence-corrected chi connectivity index (χ0v) is 13.4. The molecule has 1 N–H and O–H groups in total. The van der Waals surface area contributed by atoms with Gasteiger partial charge in [0.2, 0.25) is 11.0 Å². The summed E-state index contributed by atoms with van der Waals surface area (Å²) in [4.78, 5) is 11.8. The Balaban J connectivity index is 1.59. The number of carbonyl (C=O) groups excluding carboxylic acids is 1. The van der Waals surface area contributed by atoms with E-state index in [1.165, 1.54) is 17.4 Å². The Morgan fingerprint density at radius 2 is 2.13 bits per heavy atom. The molecule has 0 radical (unpaired) electrons. The predicted octanol–water partition coefficient (Wildman–Crippen LogP) is 2.77. The van der Waals surface area contributed by atoms with Gasteiger partial charge in [-0.15, -0.1) is 20.4 Å². The Labute approximate surface area is 138 Å². The van der Waals surface area contributed by atoms with Gasteiger partial charge in [-0.25, -0.2) is 4.39 Å². The van der Waals surface area contributed by atoms with Crippen LogP contribution in [0.2, 0.25) is 0 Å². The summed E-state index contributed by atoms with van der Waals surface area (Å²) in [7, 11) is 0. The number of anilines is 1. The van der Waals surface area contributed by atoms with E-state index < -0.39 is 5.82 Å². The van der Waals surface area contributed by atoms with Crippen molar-refractivity contribution in [3.05, 3.63) is 35.1 Å². The summed E-state index contributed by atoms with van der Waals surface area (Å²) >= 11 is 2.34. The molecule has 1 aromatic carbocycles. The first-order valence-corrected chi connectivity index (χ1v) is 8.23. The molecule has 2 heterocycles. The number of thioether (sulfide) groups is 1. The molecule has 1 amide bonds. The molecule has 7 nitrogen and oxygen atoms in total. The van der Waals surface area contributed by atoms with Crippen LogP contribution in [0, 0.1) is 12.7 Å². The summed E-state index contributed by atoms with van der Waals surface area (Å²) in [6, 6.07) is 6.10. The van der Waals surface area contributed by atoms with Crippen molar-refractivity contribution in [3.8, 4) is 11.5 Å². The monoisotopic (exact) mass is 351 g/mol. The Bertz CT molecular complexity index is 835. The number of nitrogens with one attached hydrogen (secondary N) is 1. The molecule has 23 heavy (non-hydrogen) atoms. The zero-order chi connectivity index (χ0) is 16.2. The Morgan fingerprint density at radius 1 is 1.30 bits per heavy atom. The van der Waals surface area contributed by atoms with Gasteiger partial charge in [0.05, 0.1) is 11.3 Å². The summed E-state index contributed by atoms with van der Waals surface area (Å²) < 4.78 is 19.0. The number of nitrogens with zero attached hydrogens (tertiary/aromatic N) is 4. The van der Waals surface area contributed by atoms with E-state index in [9.17, 15) is 9.18 Å². The standard InChI is InChI=1S/C13H10FN5O2S2/c1-7-16-18-12(23-7)15-10(20)6-22-13-19-17-11(21-13)8-4-2-3-5-9(8)14/h2-5H,6H2,1H3,(H,15,18,20). The van der Waals surface area contributed by atoms with Crippen molar-refractivity contribution in [1.29, 1.82) is 0 Å². The number of amides is 1. The average Bonchev–Trinajstić information content (AvgIpc) is 3.15. The second-order valence-electron chi connectivity index (χ2n) is 4.32. The van der Waals surface area contributed by atoms with Crippen molar-refractivity contribution in [3.63, 3.8) is 0 Å². The van der Waals surface area contributed by atoms with Crippen LogP contribution in [-0.4, -0.2) is 32.1 Å². The third-order valence-corrected chi connectivity index (χ3v) is 4.18. The molecule has 0 atom stereocenters. The van der Waals surface area contributed by atoms with E-state index in [4.69, 9.17) is 4.42 Å². The number of hydrogen-bond acceptors (Lipinski definition) is 8. The lowest BCUT2D eigenvalue weighted by Gasteiger charge is -1.98. The second kappa shape index (κ2) is 6.84. The molecule has 0 unspecified atom stereocenters. The quantitative estimate of drug-likeness (QED) is 0.706. The number of aryl methyl sites for hydroxylation is 1. The van der Waals surface area contributed by atoms with Gasteiger partial charge in [0.25, 0.3) is 11.1 Å². The van der Waals surface area contributed by atoms with Crippen molar-refractivity contribution in [2.45, 2.75) is 12.1 Å². The van der Waals surface area contributed by atoms with Crippen molar-refractivity contribution in [2.75, 3.05) is 11.1 Å². The normalized spacial score (nSPS) is 10.7. The van der Waals surface area contributed by atoms with Gasteiger partial charge in [-0.05, 0) is 19.1 Å². The zero-order valence-electron chi connectivity index (χ0n) is 11.8. The molecular formula is C13H10FN5O2S2. The minimum absolute atomic E-state index is 0.0670. The molecular weight excluding hydrogens is 341 g/mol. The first-order valence-electron chi connectivity index (χ1n) is 6.43. The molecule has 0 aliphatic rings. The highest BCUT2D eigenvalue weighted by atomic mass is 32.2. The Morgan fingerprint density at radius 3 is 2.87 bits per heavy atom. The molecule has 0 aliphatic heterocycles. The lowest BCUT2D eigenvalue weighted by molar-refractivity contribution is -0.113. The molecule has 0 saturated carbocycles. The third-order valence-electron chi connectivity index (χ3n) is 2.61. The molecule has 118 valence electrons. The van der Waals surface area contributed by atoms with Gasteiger partial charge in [0, 0.05) is 0 Å².